The lowest BCUT2D eigenvalue weighted by Crippen LogP contribution is -2.12. The predicted molar refractivity (Wildman–Crippen MR) is 70.9 cm³/mol. The maximum Gasteiger partial charge on any atom is 0.446 e. The molecule has 1 aromatic rings. The van der Waals surface area contributed by atoms with Gasteiger partial charge in [0.05, 0.1) is 6.61 Å². The summed E-state index contributed by atoms with van der Waals surface area (Å²) in [6.07, 6.45) is 0. The van der Waals surface area contributed by atoms with Crippen LogP contribution in [0.15, 0.2) is 23.1 Å². The largest absolute Gasteiger partial charge is 0.446 e. The zero-order chi connectivity index (χ0) is 13.6. The van der Waals surface area contributed by atoms with Crippen molar-refractivity contribution in [1.82, 2.24) is 5.32 Å². The summed E-state index contributed by atoms with van der Waals surface area (Å²) in [7, 11) is 1.89. The molecule has 1 N–H and O–H groups in total. The number of hydrogen-bond donors (Lipinski definition) is 1. The van der Waals surface area contributed by atoms with E-state index in [0.717, 1.165) is 11.8 Å². The monoisotopic (exact) mass is 297 g/mol. The van der Waals surface area contributed by atoms with Gasteiger partial charge in [-0.15, -0.1) is 0 Å². The third-order valence-electron chi connectivity index (χ3n) is 2.06. The van der Waals surface area contributed by atoms with E-state index in [1.165, 1.54) is 0 Å². The Bertz CT molecular complexity index is 387. The van der Waals surface area contributed by atoms with Gasteiger partial charge in [0.2, 0.25) is 0 Å². The first-order chi connectivity index (χ1) is 8.42. The lowest BCUT2D eigenvalue weighted by molar-refractivity contribution is -0.0328. The number of thioether (sulfide) groups is 1. The molecule has 0 radical (unpaired) electrons. The van der Waals surface area contributed by atoms with Crippen molar-refractivity contribution < 1.29 is 17.7 Å². The first-order valence-electron chi connectivity index (χ1n) is 5.31. The predicted octanol–water partition coefficient (Wildman–Crippen LogP) is 3.06. The first kappa shape index (κ1) is 15.8. The average Bonchev–Trinajstić information content (AvgIpc) is 2.27. The van der Waals surface area contributed by atoms with E-state index in [1.807, 2.05) is 7.05 Å². The van der Waals surface area contributed by atoms with Crippen molar-refractivity contribution in [3.8, 4) is 0 Å². The summed E-state index contributed by atoms with van der Waals surface area (Å²) in [4.78, 5) is 0.240. The van der Waals surface area contributed by atoms with E-state index < -0.39 is 5.51 Å². The summed E-state index contributed by atoms with van der Waals surface area (Å²) in [6.45, 7) is 2.94. The molecule has 1 aromatic carbocycles. The summed E-state index contributed by atoms with van der Waals surface area (Å²) in [5.41, 5.74) is -3.62. The normalized spacial score (nSPS) is 12.5. The molecule has 0 heterocycles. The zero-order valence-electron chi connectivity index (χ0n) is 10.1. The Hall–Kier alpha value is -0.290. The van der Waals surface area contributed by atoms with Gasteiger partial charge in [-0.1, -0.05) is 12.1 Å². The van der Waals surface area contributed by atoms with Gasteiger partial charge in [0.25, 0.3) is 0 Å². The van der Waals surface area contributed by atoms with Crippen molar-refractivity contribution in [2.24, 2.45) is 0 Å². The van der Waals surface area contributed by atoms with Gasteiger partial charge in [0, 0.05) is 25.6 Å². The van der Waals surface area contributed by atoms with Gasteiger partial charge in [-0.2, -0.15) is 13.2 Å². The highest BCUT2D eigenvalue weighted by Gasteiger charge is 2.29. The maximum absolute atomic E-state index is 12.3. The Labute approximate surface area is 111 Å². The van der Waals surface area contributed by atoms with Crippen molar-refractivity contribution in [3.63, 3.8) is 0 Å². The molecule has 0 aliphatic rings. The van der Waals surface area contributed by atoms with Crippen LogP contribution in [0.2, 0.25) is 0 Å². The number of alkyl halides is 3. The highest BCUT2D eigenvalue weighted by atomic mass is 32.2. The molecule has 0 saturated heterocycles. The van der Waals surface area contributed by atoms with Gasteiger partial charge < -0.3 is 9.84 Å². The third kappa shape index (κ3) is 6.05. The molecule has 0 spiro atoms. The average molecular weight is 297 g/mol. The minimum absolute atomic E-state index is 0.0728. The summed E-state index contributed by atoms with van der Waals surface area (Å²) in [5, 5.41) is 3.71. The molecule has 0 amide bonds. The van der Waals surface area contributed by atoms with Crippen molar-refractivity contribution in [2.45, 2.75) is 17.3 Å². The number of likely N-dealkylation sites (N-methyl/N-ethyl adjacent to an activating group) is 1. The molecule has 0 fully saturated rings. The summed E-state index contributed by atoms with van der Waals surface area (Å²) >= 11 is -0.0782. The molecular formula is C11H15F3NOPS. The smallest absolute Gasteiger partial charge is 0.356 e. The Balaban J connectivity index is 2.63. The summed E-state index contributed by atoms with van der Waals surface area (Å²) < 4.78 is 42.4. The molecule has 0 aliphatic heterocycles. The second-order valence-electron chi connectivity index (χ2n) is 3.58. The van der Waals surface area contributed by atoms with Gasteiger partial charge in [0.15, 0.2) is 0 Å². The highest BCUT2D eigenvalue weighted by molar-refractivity contribution is 8.00. The quantitative estimate of drug-likeness (QED) is 0.495. The SMILES string of the molecule is CNCCOPc1ccc(C)c(SC(F)(F)F)c1. The molecule has 18 heavy (non-hydrogen) atoms. The zero-order valence-corrected chi connectivity index (χ0v) is 11.9. The molecule has 2 nitrogen and oxygen atoms in total. The number of aryl methyl sites for hydroxylation is 1. The van der Waals surface area contributed by atoms with Crippen molar-refractivity contribution in [1.29, 1.82) is 0 Å². The fraction of sp³-hybridized carbons (Fsp3) is 0.455. The van der Waals surface area contributed by atoms with E-state index >= 15 is 0 Å². The van der Waals surface area contributed by atoms with Crippen LogP contribution in [0, 0.1) is 6.92 Å². The van der Waals surface area contributed by atoms with Crippen LogP contribution in [0.25, 0.3) is 0 Å². The minimum Gasteiger partial charge on any atom is -0.356 e. The standard InChI is InChI=1S/C11H15F3NOPS/c1-8-3-4-9(17-16-6-5-15-2)7-10(8)18-11(12,13)14/h3-4,7,15,17H,5-6H2,1-2H3. The van der Waals surface area contributed by atoms with E-state index in [9.17, 15) is 13.2 Å². The number of hydrogen-bond acceptors (Lipinski definition) is 3. The first-order valence-corrected chi connectivity index (χ1v) is 7.03. The van der Waals surface area contributed by atoms with E-state index in [2.05, 4.69) is 5.32 Å². The molecule has 0 bridgehead atoms. The van der Waals surface area contributed by atoms with Crippen LogP contribution in [0.5, 0.6) is 0 Å². The van der Waals surface area contributed by atoms with Crippen LogP contribution in [0.4, 0.5) is 13.2 Å². The van der Waals surface area contributed by atoms with Gasteiger partial charge in [0.1, 0.15) is 0 Å². The van der Waals surface area contributed by atoms with Crippen molar-refractivity contribution >= 4 is 25.9 Å². The van der Waals surface area contributed by atoms with E-state index in [0.29, 0.717) is 12.2 Å². The van der Waals surface area contributed by atoms with Crippen LogP contribution in [0.1, 0.15) is 5.56 Å². The van der Waals surface area contributed by atoms with E-state index in [4.69, 9.17) is 4.52 Å². The Morgan fingerprint density at radius 3 is 2.72 bits per heavy atom. The summed E-state index contributed by atoms with van der Waals surface area (Å²) in [6, 6.07) is 5.04. The van der Waals surface area contributed by atoms with E-state index in [-0.39, 0.29) is 25.5 Å². The second-order valence-corrected chi connectivity index (χ2v) is 5.76. The molecule has 0 aromatic heterocycles. The molecule has 1 unspecified atom stereocenters. The second kappa shape index (κ2) is 7.34. The Morgan fingerprint density at radius 2 is 2.11 bits per heavy atom. The lowest BCUT2D eigenvalue weighted by Gasteiger charge is -2.10. The number of nitrogens with one attached hydrogen (secondary N) is 1. The fourth-order valence-corrected chi connectivity index (χ4v) is 2.68. The third-order valence-corrected chi connectivity index (χ3v) is 3.84. The molecule has 1 rings (SSSR count). The Morgan fingerprint density at radius 1 is 1.39 bits per heavy atom. The lowest BCUT2D eigenvalue weighted by atomic mass is 10.2. The molecular weight excluding hydrogens is 282 g/mol. The fourth-order valence-electron chi connectivity index (χ4n) is 1.19. The summed E-state index contributed by atoms with van der Waals surface area (Å²) in [5.74, 6) is 0. The van der Waals surface area contributed by atoms with Crippen LogP contribution < -0.4 is 10.6 Å². The van der Waals surface area contributed by atoms with Gasteiger partial charge >= 0.3 is 5.51 Å². The number of benzene rings is 1. The van der Waals surface area contributed by atoms with Gasteiger partial charge in [-0.3, -0.25) is 0 Å². The topological polar surface area (TPSA) is 21.3 Å². The van der Waals surface area contributed by atoms with Gasteiger partial charge in [-0.25, -0.2) is 0 Å². The number of halogens is 3. The van der Waals surface area contributed by atoms with Crippen molar-refractivity contribution in [3.05, 3.63) is 23.8 Å². The van der Waals surface area contributed by atoms with Crippen LogP contribution in [0.3, 0.4) is 0 Å². The molecule has 0 saturated carbocycles. The highest BCUT2D eigenvalue weighted by Crippen LogP contribution is 2.38. The van der Waals surface area contributed by atoms with Crippen molar-refractivity contribution in [2.75, 3.05) is 20.2 Å². The van der Waals surface area contributed by atoms with Gasteiger partial charge in [-0.05, 0) is 37.4 Å². The number of rotatable bonds is 6. The molecule has 102 valence electrons. The Kier molecular flexibility index (Phi) is 6.43. The molecule has 0 aliphatic carbocycles. The molecule has 7 heteroatoms. The van der Waals surface area contributed by atoms with E-state index in [1.54, 1.807) is 25.1 Å². The maximum atomic E-state index is 12.3. The van der Waals surface area contributed by atoms with Crippen LogP contribution in [-0.4, -0.2) is 25.7 Å². The van der Waals surface area contributed by atoms with Crippen LogP contribution >= 0.6 is 20.6 Å². The molecule has 1 atom stereocenters. The van der Waals surface area contributed by atoms with Crippen LogP contribution in [-0.2, 0) is 4.52 Å². The minimum atomic E-state index is -4.25.